The van der Waals surface area contributed by atoms with Gasteiger partial charge in [0, 0.05) is 0 Å². The molecule has 4 bridgehead atoms. The van der Waals surface area contributed by atoms with Crippen molar-refractivity contribution < 1.29 is 24.5 Å². The fraction of sp³-hybridized carbons (Fsp3) is 0.625. The van der Waals surface area contributed by atoms with Crippen molar-refractivity contribution in [3.63, 3.8) is 0 Å². The third-order valence-corrected chi connectivity index (χ3v) is 4.81. The zero-order chi connectivity index (χ0) is 16.5. The standard InChI is InChI=1S/C13H18O3.C3H5NO2/c1-8(14)12(15)16-13-5-9-2-10(6-13)4-11(3-9)7-13;1-2(5)3(4)6/h9-11,14H,1-7H2;5H,1H2,(H2,4,6). The molecule has 6 heteroatoms. The van der Waals surface area contributed by atoms with E-state index < -0.39 is 23.4 Å². The minimum absolute atomic E-state index is 0.266. The van der Waals surface area contributed by atoms with E-state index in [0.29, 0.717) is 0 Å². The number of aliphatic hydroxyl groups is 2. The lowest BCUT2D eigenvalue weighted by Gasteiger charge is -2.55. The third-order valence-electron chi connectivity index (χ3n) is 4.81. The van der Waals surface area contributed by atoms with Crippen LogP contribution in [0.5, 0.6) is 0 Å². The van der Waals surface area contributed by atoms with Gasteiger partial charge in [0.15, 0.2) is 11.5 Å². The van der Waals surface area contributed by atoms with Crippen molar-refractivity contribution in [2.45, 2.75) is 44.1 Å². The van der Waals surface area contributed by atoms with Crippen LogP contribution in [0.3, 0.4) is 0 Å². The molecule has 0 aromatic rings. The Kier molecular flexibility index (Phi) is 4.49. The van der Waals surface area contributed by atoms with Gasteiger partial charge in [0.1, 0.15) is 5.60 Å². The van der Waals surface area contributed by atoms with Crippen molar-refractivity contribution in [3.8, 4) is 0 Å². The minimum Gasteiger partial charge on any atom is -0.503 e. The smallest absolute Gasteiger partial charge is 0.373 e. The summed E-state index contributed by atoms with van der Waals surface area (Å²) in [6.07, 6.45) is 6.94. The van der Waals surface area contributed by atoms with Gasteiger partial charge in [-0.2, -0.15) is 0 Å². The van der Waals surface area contributed by atoms with Gasteiger partial charge in [-0.3, -0.25) is 4.79 Å². The molecule has 4 fully saturated rings. The van der Waals surface area contributed by atoms with Crippen LogP contribution in [0.15, 0.2) is 24.7 Å². The molecule has 4 N–H and O–H groups in total. The largest absolute Gasteiger partial charge is 0.503 e. The van der Waals surface area contributed by atoms with E-state index in [1.165, 1.54) is 19.3 Å². The van der Waals surface area contributed by atoms with Gasteiger partial charge in [-0.15, -0.1) is 0 Å². The topological polar surface area (TPSA) is 110 Å². The zero-order valence-corrected chi connectivity index (χ0v) is 12.6. The van der Waals surface area contributed by atoms with Crippen LogP contribution in [0.25, 0.3) is 0 Å². The summed E-state index contributed by atoms with van der Waals surface area (Å²) in [4.78, 5) is 21.0. The van der Waals surface area contributed by atoms with Gasteiger partial charge < -0.3 is 20.7 Å². The Labute approximate surface area is 129 Å². The molecule has 0 atom stereocenters. The molecule has 0 aromatic carbocycles. The third kappa shape index (κ3) is 3.61. The molecule has 0 aliphatic heterocycles. The summed E-state index contributed by atoms with van der Waals surface area (Å²) in [5, 5.41) is 17.0. The Hall–Kier alpha value is -1.98. The van der Waals surface area contributed by atoms with Crippen LogP contribution in [0.4, 0.5) is 0 Å². The monoisotopic (exact) mass is 309 g/mol. The average Bonchev–Trinajstić information content (AvgIpc) is 2.36. The van der Waals surface area contributed by atoms with E-state index in [-0.39, 0.29) is 5.60 Å². The summed E-state index contributed by atoms with van der Waals surface area (Å²) in [5.74, 6) is -0.342. The number of amides is 1. The molecular formula is C16H23NO5. The van der Waals surface area contributed by atoms with Gasteiger partial charge >= 0.3 is 5.97 Å². The molecule has 6 nitrogen and oxygen atoms in total. The van der Waals surface area contributed by atoms with Crippen molar-refractivity contribution >= 4 is 11.9 Å². The maximum absolute atomic E-state index is 11.5. The first-order chi connectivity index (χ1) is 10.2. The number of nitrogens with two attached hydrogens (primary N) is 1. The highest BCUT2D eigenvalue weighted by Gasteiger charge is 2.53. The lowest BCUT2D eigenvalue weighted by Crippen LogP contribution is -2.52. The summed E-state index contributed by atoms with van der Waals surface area (Å²) < 4.78 is 5.52. The molecule has 4 saturated carbocycles. The fourth-order valence-electron chi connectivity index (χ4n) is 4.41. The summed E-state index contributed by atoms with van der Waals surface area (Å²) in [5.41, 5.74) is 4.18. The van der Waals surface area contributed by atoms with Crippen molar-refractivity contribution in [2.75, 3.05) is 0 Å². The summed E-state index contributed by atoms with van der Waals surface area (Å²) in [6, 6.07) is 0. The van der Waals surface area contributed by atoms with E-state index in [0.717, 1.165) is 37.0 Å². The summed E-state index contributed by atoms with van der Waals surface area (Å²) in [7, 11) is 0. The summed E-state index contributed by atoms with van der Waals surface area (Å²) in [6.45, 7) is 6.07. The number of aliphatic hydroxyl groups excluding tert-OH is 2. The summed E-state index contributed by atoms with van der Waals surface area (Å²) >= 11 is 0. The molecule has 0 unspecified atom stereocenters. The first kappa shape index (κ1) is 16.4. The molecule has 22 heavy (non-hydrogen) atoms. The predicted octanol–water partition coefficient (Wildman–Crippen LogP) is 2.11. The molecule has 4 aliphatic carbocycles. The number of rotatable bonds is 3. The Bertz CT molecular complexity index is 463. The Morgan fingerprint density at radius 3 is 1.59 bits per heavy atom. The van der Waals surface area contributed by atoms with E-state index >= 15 is 0 Å². The van der Waals surface area contributed by atoms with Crippen LogP contribution in [0, 0.1) is 17.8 Å². The molecule has 0 radical (unpaired) electrons. The van der Waals surface area contributed by atoms with Gasteiger partial charge in [0.2, 0.25) is 0 Å². The molecule has 1 amide bonds. The van der Waals surface area contributed by atoms with Gasteiger partial charge in [-0.1, -0.05) is 6.58 Å². The van der Waals surface area contributed by atoms with Gasteiger partial charge in [0.25, 0.3) is 5.91 Å². The van der Waals surface area contributed by atoms with Crippen molar-refractivity contribution in [1.82, 2.24) is 0 Å². The quantitative estimate of drug-likeness (QED) is 0.420. The molecule has 0 saturated heterocycles. The number of esters is 1. The van der Waals surface area contributed by atoms with Crippen LogP contribution in [0.2, 0.25) is 0 Å². The van der Waals surface area contributed by atoms with Crippen LogP contribution in [0.1, 0.15) is 38.5 Å². The van der Waals surface area contributed by atoms with E-state index in [1.54, 1.807) is 0 Å². The van der Waals surface area contributed by atoms with Crippen LogP contribution >= 0.6 is 0 Å². The number of hydrogen-bond donors (Lipinski definition) is 3. The van der Waals surface area contributed by atoms with Gasteiger partial charge in [-0.05, 0) is 62.9 Å². The maximum Gasteiger partial charge on any atom is 0.373 e. The number of carbonyl (C=O) groups is 2. The normalized spacial score (nSPS) is 34.3. The van der Waals surface area contributed by atoms with Gasteiger partial charge in [0.05, 0.1) is 0 Å². The lowest BCUT2D eigenvalue weighted by atomic mass is 9.54. The highest BCUT2D eigenvalue weighted by molar-refractivity contribution is 5.88. The van der Waals surface area contributed by atoms with Gasteiger partial charge in [-0.25, -0.2) is 4.79 Å². The maximum atomic E-state index is 11.5. The number of carbonyl (C=O) groups excluding carboxylic acids is 2. The molecule has 4 aliphatic rings. The van der Waals surface area contributed by atoms with Crippen molar-refractivity contribution in [1.29, 1.82) is 0 Å². The Balaban J connectivity index is 0.000000254. The highest BCUT2D eigenvalue weighted by Crippen LogP contribution is 2.57. The Morgan fingerprint density at radius 2 is 1.32 bits per heavy atom. The Morgan fingerprint density at radius 1 is 0.955 bits per heavy atom. The molecule has 0 spiro atoms. The van der Waals surface area contributed by atoms with Crippen LogP contribution in [-0.2, 0) is 14.3 Å². The van der Waals surface area contributed by atoms with Crippen LogP contribution in [-0.4, -0.2) is 27.7 Å². The van der Waals surface area contributed by atoms with Crippen molar-refractivity contribution in [3.05, 3.63) is 24.7 Å². The second-order valence-corrected chi connectivity index (χ2v) is 6.75. The van der Waals surface area contributed by atoms with E-state index in [9.17, 15) is 9.59 Å². The van der Waals surface area contributed by atoms with E-state index in [2.05, 4.69) is 18.9 Å². The van der Waals surface area contributed by atoms with E-state index in [1.807, 2.05) is 0 Å². The van der Waals surface area contributed by atoms with Crippen LogP contribution < -0.4 is 5.73 Å². The van der Waals surface area contributed by atoms with Crippen molar-refractivity contribution in [2.24, 2.45) is 23.5 Å². The molecule has 4 rings (SSSR count). The predicted molar refractivity (Wildman–Crippen MR) is 79.7 cm³/mol. The molecule has 0 aromatic heterocycles. The van der Waals surface area contributed by atoms with E-state index in [4.69, 9.17) is 14.9 Å². The molecule has 0 heterocycles. The second-order valence-electron chi connectivity index (χ2n) is 6.75. The number of primary amides is 1. The SMILES string of the molecule is C=C(O)C(=O)OC12CC3CC(CC(C3)C1)C2.C=C(O)C(N)=O. The lowest BCUT2D eigenvalue weighted by molar-refractivity contribution is -0.184. The highest BCUT2D eigenvalue weighted by atomic mass is 16.6. The molecular weight excluding hydrogens is 286 g/mol. The fourth-order valence-corrected chi connectivity index (χ4v) is 4.41. The first-order valence-corrected chi connectivity index (χ1v) is 7.49. The second kappa shape index (κ2) is 6.02. The number of hydrogen-bond acceptors (Lipinski definition) is 5. The zero-order valence-electron chi connectivity index (χ0n) is 12.6. The first-order valence-electron chi connectivity index (χ1n) is 7.49. The number of ether oxygens (including phenoxy) is 1. The minimum atomic E-state index is -0.880. The molecule has 122 valence electrons. The average molecular weight is 309 g/mol.